The van der Waals surface area contributed by atoms with Gasteiger partial charge in [-0.05, 0) is 25.0 Å². The second-order valence-electron chi connectivity index (χ2n) is 3.53. The number of rotatable bonds is 2. The predicted molar refractivity (Wildman–Crippen MR) is 48.0 cm³/mol. The van der Waals surface area contributed by atoms with E-state index in [9.17, 15) is 9.18 Å². The zero-order valence-corrected chi connectivity index (χ0v) is 7.46. The summed E-state index contributed by atoms with van der Waals surface area (Å²) in [6, 6.07) is 7.49. The molecule has 70 valence electrons. The van der Waals surface area contributed by atoms with E-state index in [2.05, 4.69) is 0 Å². The van der Waals surface area contributed by atoms with Crippen molar-refractivity contribution < 1.29 is 9.18 Å². The van der Waals surface area contributed by atoms with Crippen LogP contribution in [0.3, 0.4) is 0 Å². The zero-order chi connectivity index (χ0) is 10.2. The molecule has 1 aliphatic carbocycles. The number of carbonyl (C=O) groups is 1. The lowest BCUT2D eigenvalue weighted by Crippen LogP contribution is -2.13. The van der Waals surface area contributed by atoms with E-state index in [0.717, 1.165) is 0 Å². The van der Waals surface area contributed by atoms with Gasteiger partial charge in [0.05, 0.1) is 6.07 Å². The molecule has 0 heterocycles. The quantitative estimate of drug-likeness (QED) is 0.670. The van der Waals surface area contributed by atoms with Crippen molar-refractivity contribution in [3.05, 3.63) is 35.6 Å². The van der Waals surface area contributed by atoms with Gasteiger partial charge < -0.3 is 0 Å². The highest BCUT2D eigenvalue weighted by atomic mass is 19.1. The summed E-state index contributed by atoms with van der Waals surface area (Å²) in [5, 5.41) is 8.79. The van der Waals surface area contributed by atoms with Crippen LogP contribution < -0.4 is 0 Å². The van der Waals surface area contributed by atoms with Crippen molar-refractivity contribution in [3.63, 3.8) is 0 Å². The molecular formula is C11H8FNO. The van der Waals surface area contributed by atoms with Crippen molar-refractivity contribution in [1.82, 2.24) is 0 Å². The number of benzene rings is 1. The van der Waals surface area contributed by atoms with E-state index in [1.165, 1.54) is 18.2 Å². The molecule has 0 amide bonds. The Balaban J connectivity index is 2.33. The van der Waals surface area contributed by atoms with Gasteiger partial charge in [0.15, 0.2) is 5.78 Å². The Bertz CT molecular complexity index is 429. The Hall–Kier alpha value is -1.69. The van der Waals surface area contributed by atoms with Gasteiger partial charge in [0.25, 0.3) is 0 Å². The van der Waals surface area contributed by atoms with Crippen molar-refractivity contribution in [3.8, 4) is 6.07 Å². The van der Waals surface area contributed by atoms with E-state index < -0.39 is 11.2 Å². The molecule has 2 nitrogen and oxygen atoms in total. The van der Waals surface area contributed by atoms with Crippen molar-refractivity contribution in [2.75, 3.05) is 0 Å². The molecule has 0 unspecified atom stereocenters. The van der Waals surface area contributed by atoms with E-state index >= 15 is 0 Å². The van der Waals surface area contributed by atoms with E-state index in [1.54, 1.807) is 6.07 Å². The third-order valence-electron chi connectivity index (χ3n) is 2.49. The Labute approximate surface area is 81.0 Å². The largest absolute Gasteiger partial charge is 0.292 e. The van der Waals surface area contributed by atoms with Gasteiger partial charge in [-0.25, -0.2) is 4.39 Å². The van der Waals surface area contributed by atoms with Gasteiger partial charge in [0.1, 0.15) is 11.2 Å². The van der Waals surface area contributed by atoms with E-state index in [1.807, 2.05) is 6.07 Å². The van der Waals surface area contributed by atoms with Gasteiger partial charge in [-0.1, -0.05) is 12.1 Å². The van der Waals surface area contributed by atoms with Gasteiger partial charge >= 0.3 is 0 Å². The van der Waals surface area contributed by atoms with Crippen molar-refractivity contribution in [1.29, 1.82) is 5.26 Å². The molecule has 0 aliphatic heterocycles. The van der Waals surface area contributed by atoms with Gasteiger partial charge in [-0.2, -0.15) is 5.26 Å². The first-order chi connectivity index (χ1) is 6.68. The number of halogens is 1. The molecule has 0 saturated heterocycles. The fraction of sp³-hybridized carbons (Fsp3) is 0.273. The summed E-state index contributed by atoms with van der Waals surface area (Å²) in [4.78, 5) is 11.7. The van der Waals surface area contributed by atoms with Gasteiger partial charge in [-0.15, -0.1) is 0 Å². The van der Waals surface area contributed by atoms with Crippen LogP contribution in [0.25, 0.3) is 0 Å². The topological polar surface area (TPSA) is 40.9 Å². The van der Waals surface area contributed by atoms with Crippen molar-refractivity contribution >= 4 is 5.78 Å². The maximum absolute atomic E-state index is 12.8. The first kappa shape index (κ1) is 8.89. The van der Waals surface area contributed by atoms with Crippen LogP contribution in [0.2, 0.25) is 0 Å². The first-order valence-corrected chi connectivity index (χ1v) is 4.40. The molecule has 3 heteroatoms. The highest BCUT2D eigenvalue weighted by Crippen LogP contribution is 2.47. The normalized spacial score (nSPS) is 17.1. The van der Waals surface area contributed by atoms with Crippen LogP contribution in [0, 0.1) is 22.6 Å². The molecule has 1 saturated carbocycles. The maximum Gasteiger partial charge on any atom is 0.183 e. The fourth-order valence-corrected chi connectivity index (χ4v) is 1.42. The Morgan fingerprint density at radius 2 is 2.21 bits per heavy atom. The first-order valence-electron chi connectivity index (χ1n) is 4.40. The number of hydrogen-bond donors (Lipinski definition) is 0. The molecule has 0 spiro atoms. The predicted octanol–water partition coefficient (Wildman–Crippen LogP) is 2.31. The smallest absolute Gasteiger partial charge is 0.183 e. The molecule has 14 heavy (non-hydrogen) atoms. The third-order valence-corrected chi connectivity index (χ3v) is 2.49. The molecule has 0 bridgehead atoms. The van der Waals surface area contributed by atoms with Gasteiger partial charge in [-0.3, -0.25) is 4.79 Å². The van der Waals surface area contributed by atoms with Gasteiger partial charge in [0, 0.05) is 5.56 Å². The van der Waals surface area contributed by atoms with Crippen LogP contribution in [0.15, 0.2) is 24.3 Å². The molecule has 0 radical (unpaired) electrons. The molecule has 1 aromatic rings. The average Bonchev–Trinajstić information content (AvgIpc) is 2.97. The van der Waals surface area contributed by atoms with Crippen LogP contribution >= 0.6 is 0 Å². The van der Waals surface area contributed by atoms with Crippen LogP contribution in [0.5, 0.6) is 0 Å². The number of nitrogens with zero attached hydrogens (tertiary/aromatic N) is 1. The summed E-state index contributed by atoms with van der Waals surface area (Å²) in [6.07, 6.45) is 1.19. The SMILES string of the molecule is N#CC1(C(=O)c2cccc(F)c2)CC1. The standard InChI is InChI=1S/C11H8FNO/c12-9-3-1-2-8(6-9)10(14)11(7-13)4-5-11/h1-3,6H,4-5H2. The monoisotopic (exact) mass is 189 g/mol. The molecule has 0 atom stereocenters. The highest BCUT2D eigenvalue weighted by Gasteiger charge is 2.50. The molecule has 1 fully saturated rings. The Morgan fingerprint density at radius 1 is 1.50 bits per heavy atom. The third kappa shape index (κ3) is 1.29. The summed E-state index contributed by atoms with van der Waals surface area (Å²) >= 11 is 0. The molecule has 1 aliphatic rings. The van der Waals surface area contributed by atoms with Crippen molar-refractivity contribution in [2.24, 2.45) is 5.41 Å². The molecule has 0 aromatic heterocycles. The summed E-state index contributed by atoms with van der Waals surface area (Å²) < 4.78 is 12.8. The number of carbonyl (C=O) groups excluding carboxylic acids is 1. The van der Waals surface area contributed by atoms with Crippen LogP contribution in [0.1, 0.15) is 23.2 Å². The molecular weight excluding hydrogens is 181 g/mol. The second-order valence-corrected chi connectivity index (χ2v) is 3.53. The summed E-state index contributed by atoms with van der Waals surface area (Å²) in [5.41, 5.74) is -0.558. The van der Waals surface area contributed by atoms with Crippen LogP contribution in [0.4, 0.5) is 4.39 Å². The van der Waals surface area contributed by atoms with E-state index in [4.69, 9.17) is 5.26 Å². The fourth-order valence-electron chi connectivity index (χ4n) is 1.42. The summed E-state index contributed by atoms with van der Waals surface area (Å²) in [5.74, 6) is -0.691. The molecule has 1 aromatic carbocycles. The lowest BCUT2D eigenvalue weighted by molar-refractivity contribution is 0.0934. The summed E-state index contributed by atoms with van der Waals surface area (Å²) in [6.45, 7) is 0. The lowest BCUT2D eigenvalue weighted by Gasteiger charge is -2.03. The highest BCUT2D eigenvalue weighted by molar-refractivity contribution is 6.04. The number of hydrogen-bond acceptors (Lipinski definition) is 2. The van der Waals surface area contributed by atoms with Crippen LogP contribution in [-0.4, -0.2) is 5.78 Å². The average molecular weight is 189 g/mol. The number of nitriles is 1. The van der Waals surface area contributed by atoms with E-state index in [-0.39, 0.29) is 5.78 Å². The van der Waals surface area contributed by atoms with Crippen LogP contribution in [-0.2, 0) is 0 Å². The minimum Gasteiger partial charge on any atom is -0.292 e. The lowest BCUT2D eigenvalue weighted by atomic mass is 9.96. The van der Waals surface area contributed by atoms with Crippen molar-refractivity contribution in [2.45, 2.75) is 12.8 Å². The summed E-state index contributed by atoms with van der Waals surface area (Å²) in [7, 11) is 0. The number of ketones is 1. The Morgan fingerprint density at radius 3 is 2.71 bits per heavy atom. The minimum absolute atomic E-state index is 0.250. The molecule has 0 N–H and O–H groups in total. The minimum atomic E-state index is -0.853. The van der Waals surface area contributed by atoms with E-state index in [0.29, 0.717) is 18.4 Å². The Kier molecular flexibility index (Phi) is 1.85. The second kappa shape index (κ2) is 2.91. The maximum atomic E-state index is 12.8. The molecule has 2 rings (SSSR count). The van der Waals surface area contributed by atoms with Gasteiger partial charge in [0.2, 0.25) is 0 Å². The number of Topliss-reactive ketones (excluding diaryl/α,β-unsaturated/α-hetero) is 1. The zero-order valence-electron chi connectivity index (χ0n) is 7.46.